The molecule has 112 valence electrons. The summed E-state index contributed by atoms with van der Waals surface area (Å²) in [7, 11) is 0. The maximum absolute atomic E-state index is 12.4. The lowest BCUT2D eigenvalue weighted by Crippen LogP contribution is -1.93. The maximum Gasteiger partial charge on any atom is 0.200 e. The van der Waals surface area contributed by atoms with E-state index in [-0.39, 0.29) is 11.5 Å². The van der Waals surface area contributed by atoms with Gasteiger partial charge in [-0.25, -0.2) is 0 Å². The number of benzene rings is 2. The van der Waals surface area contributed by atoms with Gasteiger partial charge >= 0.3 is 0 Å². The number of allylic oxidation sites excluding steroid dienone is 1. The molecule has 23 heavy (non-hydrogen) atoms. The highest BCUT2D eigenvalue weighted by atomic mass is 32.2. The molecule has 4 heteroatoms. The number of phenolic OH excluding ortho intramolecular Hbond substituents is 1. The van der Waals surface area contributed by atoms with Crippen molar-refractivity contribution in [2.75, 3.05) is 0 Å². The average Bonchev–Trinajstić information content (AvgIpc) is 3.15. The van der Waals surface area contributed by atoms with Crippen molar-refractivity contribution in [1.82, 2.24) is 0 Å². The fraction of sp³-hybridized carbons (Fsp3) is 0. The van der Waals surface area contributed by atoms with Crippen LogP contribution in [0.15, 0.2) is 74.9 Å². The van der Waals surface area contributed by atoms with Gasteiger partial charge in [0.2, 0.25) is 5.78 Å². The van der Waals surface area contributed by atoms with Crippen molar-refractivity contribution in [2.24, 2.45) is 0 Å². The van der Waals surface area contributed by atoms with E-state index < -0.39 is 0 Å². The fourth-order valence-electron chi connectivity index (χ4n) is 2.48. The first-order valence-electron chi connectivity index (χ1n) is 7.13. The van der Waals surface area contributed by atoms with Crippen LogP contribution < -0.4 is 0 Å². The van der Waals surface area contributed by atoms with Gasteiger partial charge in [0.05, 0.1) is 4.91 Å². The van der Waals surface area contributed by atoms with Gasteiger partial charge in [-0.05, 0) is 54.6 Å². The zero-order valence-corrected chi connectivity index (χ0v) is 12.8. The molecule has 4 rings (SSSR count). The number of fused-ring (bicyclic) bond motifs is 1. The number of Topliss-reactive ketones (excluding diaryl/α,β-unsaturated/α-hetero) is 1. The van der Waals surface area contributed by atoms with Crippen molar-refractivity contribution in [1.29, 1.82) is 0 Å². The first kappa shape index (κ1) is 13.9. The second-order valence-corrected chi connectivity index (χ2v) is 6.27. The Kier molecular flexibility index (Phi) is 3.32. The highest BCUT2D eigenvalue weighted by Crippen LogP contribution is 2.40. The molecule has 0 fully saturated rings. The predicted molar refractivity (Wildman–Crippen MR) is 90.4 cm³/mol. The molecule has 1 aliphatic rings. The minimum absolute atomic E-state index is 0.0354. The van der Waals surface area contributed by atoms with Crippen molar-refractivity contribution in [3.8, 4) is 17.1 Å². The van der Waals surface area contributed by atoms with Gasteiger partial charge < -0.3 is 9.52 Å². The number of thioether (sulfide) groups is 1. The third-order valence-corrected chi connectivity index (χ3v) is 4.73. The van der Waals surface area contributed by atoms with Crippen molar-refractivity contribution in [3.05, 3.63) is 76.9 Å². The van der Waals surface area contributed by atoms with Crippen molar-refractivity contribution < 1.29 is 14.3 Å². The highest BCUT2D eigenvalue weighted by molar-refractivity contribution is 8.04. The largest absolute Gasteiger partial charge is 0.508 e. The number of rotatable bonds is 2. The molecule has 1 N–H and O–H groups in total. The van der Waals surface area contributed by atoms with Crippen LogP contribution in [-0.4, -0.2) is 10.9 Å². The van der Waals surface area contributed by atoms with Crippen LogP contribution >= 0.6 is 11.8 Å². The standard InChI is InChI=1S/C19H12O3S/c20-13-7-5-12(6-8-13)16-10-9-14(22-16)11-18-19(21)15-3-1-2-4-17(15)23-18/h1-11,20H/b18-11-. The number of phenols is 1. The van der Waals surface area contributed by atoms with E-state index in [2.05, 4.69) is 0 Å². The van der Waals surface area contributed by atoms with E-state index in [4.69, 9.17) is 4.42 Å². The molecular weight excluding hydrogens is 308 g/mol. The first-order valence-corrected chi connectivity index (χ1v) is 7.95. The average molecular weight is 320 g/mol. The van der Waals surface area contributed by atoms with Crippen LogP contribution in [0.25, 0.3) is 17.4 Å². The number of aromatic hydroxyl groups is 1. The van der Waals surface area contributed by atoms with Crippen LogP contribution in [0.5, 0.6) is 5.75 Å². The molecule has 0 radical (unpaired) electrons. The molecule has 2 aromatic carbocycles. The third-order valence-electron chi connectivity index (χ3n) is 3.63. The lowest BCUT2D eigenvalue weighted by molar-refractivity contribution is 0.104. The second kappa shape index (κ2) is 5.48. The van der Waals surface area contributed by atoms with Crippen LogP contribution in [0.3, 0.4) is 0 Å². The molecule has 0 bridgehead atoms. The molecule has 0 saturated heterocycles. The number of ketones is 1. The molecule has 0 saturated carbocycles. The van der Waals surface area contributed by atoms with E-state index in [1.165, 1.54) is 11.8 Å². The van der Waals surface area contributed by atoms with E-state index in [0.717, 1.165) is 16.0 Å². The first-order chi connectivity index (χ1) is 11.2. The summed E-state index contributed by atoms with van der Waals surface area (Å²) in [4.78, 5) is 14.0. The van der Waals surface area contributed by atoms with Gasteiger partial charge in [-0.1, -0.05) is 23.9 Å². The number of furan rings is 1. The Morgan fingerprint density at radius 1 is 0.957 bits per heavy atom. The third kappa shape index (κ3) is 2.58. The van der Waals surface area contributed by atoms with Crippen LogP contribution in [0.4, 0.5) is 0 Å². The van der Waals surface area contributed by atoms with Crippen LogP contribution in [0.2, 0.25) is 0 Å². The molecule has 0 aliphatic carbocycles. The van der Waals surface area contributed by atoms with E-state index in [1.54, 1.807) is 30.3 Å². The molecule has 0 amide bonds. The number of carbonyl (C=O) groups is 1. The van der Waals surface area contributed by atoms with E-state index in [0.29, 0.717) is 16.4 Å². The summed E-state index contributed by atoms with van der Waals surface area (Å²) < 4.78 is 5.80. The zero-order chi connectivity index (χ0) is 15.8. The van der Waals surface area contributed by atoms with E-state index >= 15 is 0 Å². The molecule has 1 aromatic heterocycles. The molecule has 0 atom stereocenters. The summed E-state index contributed by atoms with van der Waals surface area (Å²) in [5.41, 5.74) is 1.62. The lowest BCUT2D eigenvalue weighted by Gasteiger charge is -1.97. The molecule has 1 aliphatic heterocycles. The minimum Gasteiger partial charge on any atom is -0.508 e. The van der Waals surface area contributed by atoms with Crippen LogP contribution in [0.1, 0.15) is 16.1 Å². The maximum atomic E-state index is 12.4. The summed E-state index contributed by atoms with van der Waals surface area (Å²) >= 11 is 1.46. The van der Waals surface area contributed by atoms with Crippen LogP contribution in [0, 0.1) is 0 Å². The van der Waals surface area contributed by atoms with Gasteiger partial charge in [0.15, 0.2) is 0 Å². The molecule has 2 heterocycles. The summed E-state index contributed by atoms with van der Waals surface area (Å²) in [5.74, 6) is 1.59. The summed E-state index contributed by atoms with van der Waals surface area (Å²) in [6, 6.07) is 18.1. The Morgan fingerprint density at radius 2 is 1.74 bits per heavy atom. The summed E-state index contributed by atoms with van der Waals surface area (Å²) in [6.07, 6.45) is 1.77. The highest BCUT2D eigenvalue weighted by Gasteiger charge is 2.25. The van der Waals surface area contributed by atoms with Gasteiger partial charge in [-0.15, -0.1) is 0 Å². The topological polar surface area (TPSA) is 50.4 Å². The smallest absolute Gasteiger partial charge is 0.200 e. The van der Waals surface area contributed by atoms with Crippen molar-refractivity contribution >= 4 is 23.6 Å². The normalized spacial score (nSPS) is 15.1. The Hall–Kier alpha value is -2.72. The minimum atomic E-state index is 0.0354. The number of hydrogen-bond donors (Lipinski definition) is 1. The Morgan fingerprint density at radius 3 is 2.52 bits per heavy atom. The summed E-state index contributed by atoms with van der Waals surface area (Å²) in [6.45, 7) is 0. The summed E-state index contributed by atoms with van der Waals surface area (Å²) in [5, 5.41) is 9.33. The number of hydrogen-bond acceptors (Lipinski definition) is 4. The Labute approximate surface area is 137 Å². The van der Waals surface area contributed by atoms with Crippen LogP contribution in [-0.2, 0) is 0 Å². The Balaban J connectivity index is 1.64. The second-order valence-electron chi connectivity index (χ2n) is 5.18. The monoisotopic (exact) mass is 320 g/mol. The van der Waals surface area contributed by atoms with Crippen molar-refractivity contribution in [3.63, 3.8) is 0 Å². The quantitative estimate of drug-likeness (QED) is 0.676. The molecular formula is C19H12O3S. The molecule has 0 unspecified atom stereocenters. The molecule has 0 spiro atoms. The van der Waals surface area contributed by atoms with Crippen molar-refractivity contribution in [2.45, 2.75) is 4.90 Å². The fourth-order valence-corrected chi connectivity index (χ4v) is 3.51. The number of carbonyl (C=O) groups excluding carboxylic acids is 1. The Bertz CT molecular complexity index is 920. The van der Waals surface area contributed by atoms with Gasteiger partial charge in [0.25, 0.3) is 0 Å². The van der Waals surface area contributed by atoms with Gasteiger partial charge in [-0.2, -0.15) is 0 Å². The van der Waals surface area contributed by atoms with Gasteiger partial charge in [-0.3, -0.25) is 4.79 Å². The SMILES string of the molecule is O=C1/C(=C/c2ccc(-c3ccc(O)cc3)o2)Sc2ccccc21. The van der Waals surface area contributed by atoms with Gasteiger partial charge in [0.1, 0.15) is 17.3 Å². The molecule has 3 aromatic rings. The van der Waals surface area contributed by atoms with E-state index in [1.807, 2.05) is 36.4 Å². The molecule has 3 nitrogen and oxygen atoms in total. The zero-order valence-electron chi connectivity index (χ0n) is 12.0. The van der Waals surface area contributed by atoms with E-state index in [9.17, 15) is 9.90 Å². The predicted octanol–water partition coefficient (Wildman–Crippen LogP) is 4.98. The van der Waals surface area contributed by atoms with Gasteiger partial charge in [0, 0.05) is 16.0 Å². The lowest BCUT2D eigenvalue weighted by atomic mass is 10.1.